The molecule has 0 saturated heterocycles. The van der Waals surface area contributed by atoms with Crippen LogP contribution in [0.2, 0.25) is 0 Å². The van der Waals surface area contributed by atoms with E-state index in [1.165, 1.54) is 0 Å². The number of aromatic carboxylic acids is 1. The van der Waals surface area contributed by atoms with Gasteiger partial charge in [-0.3, -0.25) is 4.79 Å². The Morgan fingerprint density at radius 1 is 1.03 bits per heavy atom. The monoisotopic (exact) mass is 400 g/mol. The molecule has 0 saturated carbocycles. The van der Waals surface area contributed by atoms with Crippen LogP contribution in [0.1, 0.15) is 15.9 Å². The average molecular weight is 400 g/mol. The molecule has 3 aromatic carbocycles. The summed E-state index contributed by atoms with van der Waals surface area (Å²) in [5.41, 5.74) is 3.76. The number of pyridine rings is 1. The second kappa shape index (κ2) is 8.13. The van der Waals surface area contributed by atoms with E-state index in [0.717, 1.165) is 27.6 Å². The smallest absolute Gasteiger partial charge is 0.335 e. The van der Waals surface area contributed by atoms with E-state index in [0.29, 0.717) is 18.0 Å². The Kier molecular flexibility index (Phi) is 5.22. The molecule has 0 spiro atoms. The molecule has 0 unspecified atom stereocenters. The van der Waals surface area contributed by atoms with E-state index in [-0.39, 0.29) is 11.1 Å². The number of aromatic nitrogens is 1. The maximum absolute atomic E-state index is 12.4. The normalized spacial score (nSPS) is 10.7. The van der Waals surface area contributed by atoms with Gasteiger partial charge in [0, 0.05) is 23.0 Å². The minimum absolute atomic E-state index is 0.184. The second-order valence-corrected chi connectivity index (χ2v) is 6.87. The summed E-state index contributed by atoms with van der Waals surface area (Å²) in [6.07, 6.45) is 0. The first kappa shape index (κ1) is 19.3. The number of carbonyl (C=O) groups is 1. The number of methoxy groups -OCH3 is 1. The molecule has 1 aromatic heterocycles. The van der Waals surface area contributed by atoms with Gasteiger partial charge in [0.15, 0.2) is 0 Å². The van der Waals surface area contributed by atoms with E-state index in [9.17, 15) is 14.7 Å². The van der Waals surface area contributed by atoms with Crippen molar-refractivity contribution in [3.63, 3.8) is 0 Å². The van der Waals surface area contributed by atoms with Crippen molar-refractivity contribution in [1.82, 2.24) is 4.98 Å². The van der Waals surface area contributed by atoms with Crippen LogP contribution in [0.25, 0.3) is 22.0 Å². The molecular formula is C24H20N2O4. The molecule has 4 aromatic rings. The summed E-state index contributed by atoms with van der Waals surface area (Å²) in [7, 11) is 1.58. The number of hydrogen-bond donors (Lipinski definition) is 3. The van der Waals surface area contributed by atoms with Crippen LogP contribution in [0.4, 0.5) is 5.69 Å². The number of anilines is 1. The van der Waals surface area contributed by atoms with E-state index >= 15 is 0 Å². The molecule has 0 atom stereocenters. The molecule has 0 aliphatic heterocycles. The van der Waals surface area contributed by atoms with Gasteiger partial charge in [-0.1, -0.05) is 36.4 Å². The first-order chi connectivity index (χ1) is 14.5. The average Bonchev–Trinajstić information content (AvgIpc) is 2.77. The SMILES string of the molecule is COc1ccc(CNc2cc3ccccc3[nH]c2=O)cc1-c1cccc(C(=O)O)c1. The molecule has 0 bridgehead atoms. The molecule has 0 fully saturated rings. The molecule has 6 heteroatoms. The number of carboxylic acids is 1. The third kappa shape index (κ3) is 3.89. The first-order valence-corrected chi connectivity index (χ1v) is 9.42. The molecule has 30 heavy (non-hydrogen) atoms. The number of benzene rings is 3. The lowest BCUT2D eigenvalue weighted by atomic mass is 10.00. The Balaban J connectivity index is 1.64. The number of ether oxygens (including phenoxy) is 1. The van der Waals surface area contributed by atoms with Gasteiger partial charge in [0.05, 0.1) is 12.7 Å². The summed E-state index contributed by atoms with van der Waals surface area (Å²) in [4.78, 5) is 26.5. The van der Waals surface area contributed by atoms with Crippen molar-refractivity contribution >= 4 is 22.6 Å². The van der Waals surface area contributed by atoms with Crippen LogP contribution in [-0.4, -0.2) is 23.2 Å². The van der Waals surface area contributed by atoms with Gasteiger partial charge in [-0.15, -0.1) is 0 Å². The Bertz CT molecular complexity index is 1290. The number of nitrogens with one attached hydrogen (secondary N) is 2. The topological polar surface area (TPSA) is 91.4 Å². The third-order valence-corrected chi connectivity index (χ3v) is 4.92. The Hall–Kier alpha value is -4.06. The summed E-state index contributed by atoms with van der Waals surface area (Å²) in [6, 6.07) is 21.8. The fourth-order valence-electron chi connectivity index (χ4n) is 3.39. The van der Waals surface area contributed by atoms with Crippen LogP contribution in [0.5, 0.6) is 5.75 Å². The predicted octanol–water partition coefficient (Wildman–Crippen LogP) is 4.51. The molecule has 0 radical (unpaired) electrons. The van der Waals surface area contributed by atoms with Crippen molar-refractivity contribution in [3.8, 4) is 16.9 Å². The second-order valence-electron chi connectivity index (χ2n) is 6.87. The molecule has 150 valence electrons. The van der Waals surface area contributed by atoms with Crippen molar-refractivity contribution in [2.24, 2.45) is 0 Å². The van der Waals surface area contributed by atoms with Gasteiger partial charge in [-0.05, 0) is 47.5 Å². The Morgan fingerprint density at radius 3 is 2.67 bits per heavy atom. The van der Waals surface area contributed by atoms with Crippen molar-refractivity contribution < 1.29 is 14.6 Å². The molecule has 3 N–H and O–H groups in total. The van der Waals surface area contributed by atoms with E-state index in [1.54, 1.807) is 25.3 Å². The predicted molar refractivity (Wildman–Crippen MR) is 117 cm³/mol. The molecule has 0 aliphatic rings. The molecule has 4 rings (SSSR count). The van der Waals surface area contributed by atoms with E-state index in [2.05, 4.69) is 10.3 Å². The number of fused-ring (bicyclic) bond motifs is 1. The van der Waals surface area contributed by atoms with E-state index < -0.39 is 5.97 Å². The lowest BCUT2D eigenvalue weighted by Gasteiger charge is -2.13. The van der Waals surface area contributed by atoms with E-state index in [4.69, 9.17) is 4.74 Å². The van der Waals surface area contributed by atoms with Crippen molar-refractivity contribution in [3.05, 3.63) is 94.3 Å². The number of aromatic amines is 1. The fraction of sp³-hybridized carbons (Fsp3) is 0.0833. The number of rotatable bonds is 6. The standard InChI is InChI=1S/C24H20N2O4/c1-30-22-10-9-15(11-19(22)16-6-4-7-18(12-16)24(28)29)14-25-21-13-17-5-2-3-8-20(17)26-23(21)27/h2-13,25H,14H2,1H3,(H,26,27)(H,28,29). The lowest BCUT2D eigenvalue weighted by molar-refractivity contribution is 0.0697. The van der Waals surface area contributed by atoms with Gasteiger partial charge in [0.25, 0.3) is 5.56 Å². The maximum Gasteiger partial charge on any atom is 0.335 e. The summed E-state index contributed by atoms with van der Waals surface area (Å²) >= 11 is 0. The van der Waals surface area contributed by atoms with Crippen LogP contribution in [0, 0.1) is 0 Å². The fourth-order valence-corrected chi connectivity index (χ4v) is 3.39. The molecule has 1 heterocycles. The minimum Gasteiger partial charge on any atom is -0.496 e. The molecule has 6 nitrogen and oxygen atoms in total. The van der Waals surface area contributed by atoms with Crippen molar-refractivity contribution in [1.29, 1.82) is 0 Å². The first-order valence-electron chi connectivity index (χ1n) is 9.42. The number of carboxylic acid groups (broad SMARTS) is 1. The highest BCUT2D eigenvalue weighted by Gasteiger charge is 2.11. The van der Waals surface area contributed by atoms with Crippen LogP contribution in [0.3, 0.4) is 0 Å². The van der Waals surface area contributed by atoms with Gasteiger partial charge in [0.2, 0.25) is 0 Å². The van der Waals surface area contributed by atoms with E-state index in [1.807, 2.05) is 54.6 Å². The number of para-hydroxylation sites is 1. The Morgan fingerprint density at radius 2 is 1.87 bits per heavy atom. The summed E-state index contributed by atoms with van der Waals surface area (Å²) in [5.74, 6) is -0.339. The summed E-state index contributed by atoms with van der Waals surface area (Å²) in [5, 5.41) is 13.4. The molecule has 0 amide bonds. The molecule has 0 aliphatic carbocycles. The number of hydrogen-bond acceptors (Lipinski definition) is 4. The Labute approximate surface area is 172 Å². The highest BCUT2D eigenvalue weighted by atomic mass is 16.5. The summed E-state index contributed by atoms with van der Waals surface area (Å²) < 4.78 is 5.46. The van der Waals surface area contributed by atoms with Gasteiger partial charge in [-0.2, -0.15) is 0 Å². The van der Waals surface area contributed by atoms with Gasteiger partial charge < -0.3 is 20.1 Å². The van der Waals surface area contributed by atoms with Gasteiger partial charge >= 0.3 is 5.97 Å². The largest absolute Gasteiger partial charge is 0.496 e. The van der Waals surface area contributed by atoms with Crippen LogP contribution in [0.15, 0.2) is 77.6 Å². The van der Waals surface area contributed by atoms with Gasteiger partial charge in [0.1, 0.15) is 11.4 Å². The number of H-pyrrole nitrogens is 1. The molecular weight excluding hydrogens is 380 g/mol. The minimum atomic E-state index is -0.982. The highest BCUT2D eigenvalue weighted by Crippen LogP contribution is 2.31. The zero-order valence-electron chi connectivity index (χ0n) is 16.3. The lowest BCUT2D eigenvalue weighted by Crippen LogP contribution is -2.13. The quantitative estimate of drug-likeness (QED) is 0.443. The maximum atomic E-state index is 12.4. The van der Waals surface area contributed by atoms with Crippen LogP contribution in [-0.2, 0) is 6.54 Å². The van der Waals surface area contributed by atoms with Crippen LogP contribution < -0.4 is 15.6 Å². The van der Waals surface area contributed by atoms with Gasteiger partial charge in [-0.25, -0.2) is 4.79 Å². The van der Waals surface area contributed by atoms with Crippen molar-refractivity contribution in [2.75, 3.05) is 12.4 Å². The highest BCUT2D eigenvalue weighted by molar-refractivity contribution is 5.90. The third-order valence-electron chi connectivity index (χ3n) is 4.92. The zero-order valence-corrected chi connectivity index (χ0v) is 16.3. The zero-order chi connectivity index (χ0) is 21.1. The van der Waals surface area contributed by atoms with Crippen molar-refractivity contribution in [2.45, 2.75) is 6.54 Å². The van der Waals surface area contributed by atoms with Crippen LogP contribution >= 0.6 is 0 Å². The summed E-state index contributed by atoms with van der Waals surface area (Å²) in [6.45, 7) is 0.428.